The van der Waals surface area contributed by atoms with Gasteiger partial charge in [0.25, 0.3) is 5.91 Å². The molecule has 0 bridgehead atoms. The summed E-state index contributed by atoms with van der Waals surface area (Å²) in [7, 11) is 3.33. The van der Waals surface area contributed by atoms with Crippen molar-refractivity contribution >= 4 is 5.91 Å². The third-order valence-electron chi connectivity index (χ3n) is 4.36. The van der Waals surface area contributed by atoms with E-state index in [0.717, 1.165) is 17.5 Å². The summed E-state index contributed by atoms with van der Waals surface area (Å²) >= 11 is 0. The Bertz CT molecular complexity index is 649. The first kappa shape index (κ1) is 18.8. The number of aromatic hydroxyl groups is 2. The molecule has 2 aromatic carbocycles. The van der Waals surface area contributed by atoms with E-state index in [1.807, 2.05) is 6.92 Å². The molecular weight excluding hydrogens is 318 g/mol. The maximum atomic E-state index is 13.5. The standard InChI is InChI=1S/C19H25N3O3/c1-4-13-19(18(25)22(20-2)21-3,14-5-9-16(23)10-6-14)15-7-11-17(24)12-8-15/h5-12,20-21,23-24H,4,13H2,1-3H3. The molecule has 0 saturated heterocycles. The molecule has 0 radical (unpaired) electrons. The van der Waals surface area contributed by atoms with E-state index in [2.05, 4.69) is 10.9 Å². The highest BCUT2D eigenvalue weighted by Crippen LogP contribution is 2.39. The number of nitrogens with zero attached hydrogens (tertiary/aromatic N) is 1. The van der Waals surface area contributed by atoms with Crippen LogP contribution in [0.3, 0.4) is 0 Å². The quantitative estimate of drug-likeness (QED) is 0.580. The predicted molar refractivity (Wildman–Crippen MR) is 96.9 cm³/mol. The van der Waals surface area contributed by atoms with Crippen molar-refractivity contribution in [2.45, 2.75) is 25.2 Å². The molecule has 6 nitrogen and oxygen atoms in total. The van der Waals surface area contributed by atoms with Gasteiger partial charge in [0, 0.05) is 14.1 Å². The SMILES string of the molecule is CCCC(C(=O)N(NC)NC)(c1ccc(O)cc1)c1ccc(O)cc1. The number of benzene rings is 2. The summed E-state index contributed by atoms with van der Waals surface area (Å²) in [6.07, 6.45) is 1.34. The fourth-order valence-electron chi connectivity index (χ4n) is 3.18. The van der Waals surface area contributed by atoms with Gasteiger partial charge in [0.1, 0.15) is 16.9 Å². The van der Waals surface area contributed by atoms with Gasteiger partial charge < -0.3 is 10.2 Å². The van der Waals surface area contributed by atoms with Crippen LogP contribution in [0.1, 0.15) is 30.9 Å². The Hall–Kier alpha value is -2.57. The summed E-state index contributed by atoms with van der Waals surface area (Å²) in [5, 5.41) is 20.6. The van der Waals surface area contributed by atoms with Gasteiger partial charge in [0.2, 0.25) is 0 Å². The van der Waals surface area contributed by atoms with Gasteiger partial charge in [0.15, 0.2) is 0 Å². The second-order valence-electron chi connectivity index (χ2n) is 5.84. The zero-order valence-corrected chi connectivity index (χ0v) is 14.8. The lowest BCUT2D eigenvalue weighted by atomic mass is 9.70. The third-order valence-corrected chi connectivity index (χ3v) is 4.36. The Morgan fingerprint density at radius 3 is 1.64 bits per heavy atom. The largest absolute Gasteiger partial charge is 0.508 e. The molecule has 0 aromatic heterocycles. The van der Waals surface area contributed by atoms with Crippen LogP contribution >= 0.6 is 0 Å². The topological polar surface area (TPSA) is 84.8 Å². The van der Waals surface area contributed by atoms with Crippen LogP contribution in [0.5, 0.6) is 11.5 Å². The van der Waals surface area contributed by atoms with Gasteiger partial charge in [-0.2, -0.15) is 0 Å². The van der Waals surface area contributed by atoms with Crippen molar-refractivity contribution in [1.82, 2.24) is 16.0 Å². The molecule has 0 fully saturated rings. The highest BCUT2D eigenvalue weighted by Gasteiger charge is 2.43. The number of rotatable bonds is 7. The molecule has 25 heavy (non-hydrogen) atoms. The van der Waals surface area contributed by atoms with E-state index in [1.165, 1.54) is 5.12 Å². The number of hydrazine groups is 2. The van der Waals surface area contributed by atoms with Gasteiger partial charge in [-0.25, -0.2) is 16.0 Å². The number of phenols is 2. The van der Waals surface area contributed by atoms with Gasteiger partial charge in [-0.15, -0.1) is 0 Å². The summed E-state index contributed by atoms with van der Waals surface area (Å²) < 4.78 is 0. The van der Waals surface area contributed by atoms with Crippen molar-refractivity contribution < 1.29 is 15.0 Å². The smallest absolute Gasteiger partial charge is 0.266 e. The van der Waals surface area contributed by atoms with Gasteiger partial charge in [-0.3, -0.25) is 4.79 Å². The molecule has 0 atom stereocenters. The molecule has 1 amide bonds. The number of hydrogen-bond donors (Lipinski definition) is 4. The Balaban J connectivity index is 2.71. The van der Waals surface area contributed by atoms with Crippen LogP contribution in [-0.2, 0) is 10.2 Å². The van der Waals surface area contributed by atoms with Crippen LogP contribution < -0.4 is 10.9 Å². The Labute approximate surface area is 148 Å². The van der Waals surface area contributed by atoms with E-state index in [9.17, 15) is 15.0 Å². The van der Waals surface area contributed by atoms with Crippen molar-refractivity contribution in [3.05, 3.63) is 59.7 Å². The highest BCUT2D eigenvalue weighted by molar-refractivity contribution is 5.91. The van der Waals surface area contributed by atoms with Gasteiger partial charge in [0.05, 0.1) is 0 Å². The monoisotopic (exact) mass is 343 g/mol. The summed E-state index contributed by atoms with van der Waals surface area (Å²) in [5.74, 6) is 0.119. The molecule has 4 N–H and O–H groups in total. The molecule has 0 aliphatic carbocycles. The maximum Gasteiger partial charge on any atom is 0.266 e. The molecular formula is C19H25N3O3. The minimum absolute atomic E-state index is 0.145. The van der Waals surface area contributed by atoms with E-state index in [1.54, 1.807) is 62.6 Å². The molecule has 2 rings (SSSR count). The van der Waals surface area contributed by atoms with Gasteiger partial charge in [-0.1, -0.05) is 37.6 Å². The zero-order valence-electron chi connectivity index (χ0n) is 14.8. The average Bonchev–Trinajstić information content (AvgIpc) is 2.62. The second-order valence-corrected chi connectivity index (χ2v) is 5.84. The maximum absolute atomic E-state index is 13.5. The molecule has 0 heterocycles. The van der Waals surface area contributed by atoms with Crippen molar-refractivity contribution in [2.75, 3.05) is 14.1 Å². The minimum atomic E-state index is -0.956. The lowest BCUT2D eigenvalue weighted by Crippen LogP contribution is -2.56. The molecule has 2 aromatic rings. The molecule has 0 aliphatic heterocycles. The normalized spacial score (nSPS) is 11.3. The van der Waals surface area contributed by atoms with E-state index in [4.69, 9.17) is 0 Å². The fourth-order valence-corrected chi connectivity index (χ4v) is 3.18. The Morgan fingerprint density at radius 1 is 0.920 bits per heavy atom. The highest BCUT2D eigenvalue weighted by atomic mass is 16.3. The van der Waals surface area contributed by atoms with E-state index < -0.39 is 5.41 Å². The first-order chi connectivity index (χ1) is 12.0. The summed E-state index contributed by atoms with van der Waals surface area (Å²) in [6.45, 7) is 2.02. The minimum Gasteiger partial charge on any atom is -0.508 e. The van der Waals surface area contributed by atoms with E-state index in [0.29, 0.717) is 6.42 Å². The van der Waals surface area contributed by atoms with Gasteiger partial charge >= 0.3 is 0 Å². The zero-order chi connectivity index (χ0) is 18.4. The fraction of sp³-hybridized carbons (Fsp3) is 0.316. The lowest BCUT2D eigenvalue weighted by molar-refractivity contribution is -0.142. The second kappa shape index (κ2) is 8.00. The summed E-state index contributed by atoms with van der Waals surface area (Å²) in [6, 6.07) is 13.4. The molecule has 0 aliphatic rings. The van der Waals surface area contributed by atoms with E-state index >= 15 is 0 Å². The Morgan fingerprint density at radius 2 is 1.32 bits per heavy atom. The number of phenolic OH excluding ortho intramolecular Hbond substituents is 2. The van der Waals surface area contributed by atoms with Crippen molar-refractivity contribution in [3.8, 4) is 11.5 Å². The first-order valence-corrected chi connectivity index (χ1v) is 8.28. The molecule has 0 unspecified atom stereocenters. The number of nitrogens with one attached hydrogen (secondary N) is 2. The van der Waals surface area contributed by atoms with Crippen LogP contribution in [0.15, 0.2) is 48.5 Å². The number of amides is 1. The Kier molecular flexibility index (Phi) is 6.01. The van der Waals surface area contributed by atoms with Crippen LogP contribution in [-0.4, -0.2) is 35.3 Å². The van der Waals surface area contributed by atoms with Crippen LogP contribution in [0.2, 0.25) is 0 Å². The van der Waals surface area contributed by atoms with Crippen molar-refractivity contribution in [1.29, 1.82) is 0 Å². The van der Waals surface area contributed by atoms with E-state index in [-0.39, 0.29) is 17.4 Å². The number of hydrogen-bond acceptors (Lipinski definition) is 5. The molecule has 0 saturated carbocycles. The number of carbonyl (C=O) groups is 1. The van der Waals surface area contributed by atoms with Crippen LogP contribution in [0.25, 0.3) is 0 Å². The number of carbonyl (C=O) groups excluding carboxylic acids is 1. The van der Waals surface area contributed by atoms with Crippen LogP contribution in [0, 0.1) is 0 Å². The lowest BCUT2D eigenvalue weighted by Gasteiger charge is -2.37. The van der Waals surface area contributed by atoms with Gasteiger partial charge in [-0.05, 0) is 41.8 Å². The van der Waals surface area contributed by atoms with Crippen molar-refractivity contribution in [2.24, 2.45) is 0 Å². The molecule has 0 spiro atoms. The summed E-state index contributed by atoms with van der Waals surface area (Å²) in [4.78, 5) is 13.5. The van der Waals surface area contributed by atoms with Crippen molar-refractivity contribution in [3.63, 3.8) is 0 Å². The molecule has 134 valence electrons. The molecule has 6 heteroatoms. The first-order valence-electron chi connectivity index (χ1n) is 8.28. The third kappa shape index (κ3) is 3.60. The predicted octanol–water partition coefficient (Wildman–Crippen LogP) is 2.28. The average molecular weight is 343 g/mol. The van der Waals surface area contributed by atoms with Crippen LogP contribution in [0.4, 0.5) is 0 Å². The summed E-state index contributed by atoms with van der Waals surface area (Å²) in [5.41, 5.74) is 6.30.